The van der Waals surface area contributed by atoms with E-state index in [2.05, 4.69) is 17.1 Å². The Hall–Kier alpha value is -0.610. The van der Waals surface area contributed by atoms with Gasteiger partial charge in [-0.1, -0.05) is 13.3 Å². The van der Waals surface area contributed by atoms with Gasteiger partial charge in [-0.25, -0.2) is 0 Å². The Labute approximate surface area is 124 Å². The molecular formula is C16H32N2O2. The second kappa shape index (κ2) is 8.63. The molecule has 1 saturated carbocycles. The third-order valence-corrected chi connectivity index (χ3v) is 4.62. The molecule has 4 nitrogen and oxygen atoms in total. The summed E-state index contributed by atoms with van der Waals surface area (Å²) in [6.45, 7) is 9.86. The number of likely N-dealkylation sites (N-methyl/N-ethyl adjacent to an activating group) is 1. The van der Waals surface area contributed by atoms with Crippen LogP contribution in [0.25, 0.3) is 0 Å². The van der Waals surface area contributed by atoms with E-state index in [1.165, 1.54) is 25.8 Å². The van der Waals surface area contributed by atoms with Crippen LogP contribution in [0.1, 0.15) is 52.9 Å². The van der Waals surface area contributed by atoms with Gasteiger partial charge in [0.15, 0.2) is 0 Å². The van der Waals surface area contributed by atoms with Crippen molar-refractivity contribution in [1.82, 2.24) is 10.2 Å². The molecular weight excluding hydrogens is 252 g/mol. The predicted octanol–water partition coefficient (Wildman–Crippen LogP) is 2.43. The molecule has 1 N–H and O–H groups in total. The van der Waals surface area contributed by atoms with Crippen LogP contribution in [0.5, 0.6) is 0 Å². The quantitative estimate of drug-likeness (QED) is 0.626. The lowest BCUT2D eigenvalue weighted by Gasteiger charge is -2.33. The topological polar surface area (TPSA) is 41.6 Å². The van der Waals surface area contributed by atoms with Crippen molar-refractivity contribution >= 4 is 5.97 Å². The molecule has 1 atom stereocenters. The molecule has 0 aromatic heterocycles. The smallest absolute Gasteiger partial charge is 0.326 e. The minimum absolute atomic E-state index is 0.135. The number of esters is 1. The number of nitrogens with zero attached hydrogens (tertiary/aromatic N) is 1. The summed E-state index contributed by atoms with van der Waals surface area (Å²) in [7, 11) is 1.84. The molecule has 0 spiro atoms. The fourth-order valence-electron chi connectivity index (χ4n) is 2.69. The molecule has 1 unspecified atom stereocenters. The number of hydrogen-bond donors (Lipinski definition) is 1. The lowest BCUT2D eigenvalue weighted by molar-refractivity contribution is -0.150. The minimum atomic E-state index is -0.550. The predicted molar refractivity (Wildman–Crippen MR) is 82.8 cm³/mol. The molecule has 4 heteroatoms. The van der Waals surface area contributed by atoms with Crippen molar-refractivity contribution in [3.63, 3.8) is 0 Å². The van der Waals surface area contributed by atoms with Gasteiger partial charge >= 0.3 is 5.97 Å². The van der Waals surface area contributed by atoms with Crippen molar-refractivity contribution in [2.75, 3.05) is 33.3 Å². The number of rotatable bonds is 10. The summed E-state index contributed by atoms with van der Waals surface area (Å²) in [5, 5.41) is 3.12. The first-order valence-corrected chi connectivity index (χ1v) is 8.14. The van der Waals surface area contributed by atoms with Crippen LogP contribution in [-0.4, -0.2) is 49.7 Å². The highest BCUT2D eigenvalue weighted by atomic mass is 16.5. The van der Waals surface area contributed by atoms with E-state index in [-0.39, 0.29) is 5.97 Å². The molecule has 118 valence electrons. The second-order valence-corrected chi connectivity index (χ2v) is 6.10. The fourth-order valence-corrected chi connectivity index (χ4v) is 2.69. The normalized spacial score (nSPS) is 18.6. The van der Waals surface area contributed by atoms with Crippen molar-refractivity contribution in [1.29, 1.82) is 0 Å². The Morgan fingerprint density at radius 1 is 1.40 bits per heavy atom. The van der Waals surface area contributed by atoms with Gasteiger partial charge in [-0.3, -0.25) is 4.79 Å². The van der Waals surface area contributed by atoms with Gasteiger partial charge in [0.2, 0.25) is 0 Å². The molecule has 1 aliphatic rings. The summed E-state index contributed by atoms with van der Waals surface area (Å²) in [5.41, 5.74) is -0.550. The number of nitrogens with one attached hydrogen (secondary N) is 1. The van der Waals surface area contributed by atoms with Crippen LogP contribution >= 0.6 is 0 Å². The van der Waals surface area contributed by atoms with Crippen LogP contribution in [0.3, 0.4) is 0 Å². The third-order valence-electron chi connectivity index (χ3n) is 4.62. The Balaban J connectivity index is 2.32. The maximum absolute atomic E-state index is 12.0. The minimum Gasteiger partial charge on any atom is -0.465 e. The summed E-state index contributed by atoms with van der Waals surface area (Å²) < 4.78 is 5.16. The molecule has 0 saturated heterocycles. The van der Waals surface area contributed by atoms with Crippen LogP contribution in [0.15, 0.2) is 0 Å². The Kier molecular flexibility index (Phi) is 7.52. The van der Waals surface area contributed by atoms with E-state index in [9.17, 15) is 4.79 Å². The zero-order valence-electron chi connectivity index (χ0n) is 13.7. The van der Waals surface area contributed by atoms with Crippen molar-refractivity contribution < 1.29 is 9.53 Å². The molecule has 20 heavy (non-hydrogen) atoms. The van der Waals surface area contributed by atoms with Crippen LogP contribution in [0.2, 0.25) is 0 Å². The molecule has 0 heterocycles. The van der Waals surface area contributed by atoms with Gasteiger partial charge in [-0.2, -0.15) is 0 Å². The van der Waals surface area contributed by atoms with E-state index in [0.717, 1.165) is 31.8 Å². The molecule has 1 rings (SSSR count). The van der Waals surface area contributed by atoms with E-state index in [0.29, 0.717) is 6.61 Å². The molecule has 0 aliphatic heterocycles. The van der Waals surface area contributed by atoms with Crippen molar-refractivity contribution in [3.8, 4) is 0 Å². The zero-order valence-corrected chi connectivity index (χ0v) is 13.7. The van der Waals surface area contributed by atoms with E-state index in [1.54, 1.807) is 0 Å². The highest BCUT2D eigenvalue weighted by Gasteiger charge is 2.32. The number of carbonyl (C=O) groups is 1. The van der Waals surface area contributed by atoms with E-state index >= 15 is 0 Å². The van der Waals surface area contributed by atoms with Gasteiger partial charge in [0.05, 0.1) is 6.61 Å². The van der Waals surface area contributed by atoms with Gasteiger partial charge in [-0.05, 0) is 65.6 Å². The van der Waals surface area contributed by atoms with E-state index < -0.39 is 5.54 Å². The van der Waals surface area contributed by atoms with Gasteiger partial charge in [0.25, 0.3) is 0 Å². The van der Waals surface area contributed by atoms with Crippen molar-refractivity contribution in [3.05, 3.63) is 0 Å². The molecule has 0 aromatic carbocycles. The largest absolute Gasteiger partial charge is 0.465 e. The SMILES string of the molecule is CCOC(=O)C(C)(CCCN(CC)CC1CCC1)NC. The first-order valence-electron chi connectivity index (χ1n) is 8.14. The van der Waals surface area contributed by atoms with Crippen LogP contribution in [0.4, 0.5) is 0 Å². The maximum atomic E-state index is 12.0. The van der Waals surface area contributed by atoms with E-state index in [4.69, 9.17) is 4.74 Å². The van der Waals surface area contributed by atoms with Gasteiger partial charge in [0, 0.05) is 6.54 Å². The average molecular weight is 284 g/mol. The average Bonchev–Trinajstić information content (AvgIpc) is 2.40. The molecule has 1 aliphatic carbocycles. The third kappa shape index (κ3) is 5.06. The number of hydrogen-bond acceptors (Lipinski definition) is 4. The summed E-state index contributed by atoms with van der Waals surface area (Å²) in [6, 6.07) is 0. The standard InChI is InChI=1S/C16H32N2O2/c1-5-18(13-14-9-7-10-14)12-8-11-16(3,17-4)15(19)20-6-2/h14,17H,5-13H2,1-4H3. The summed E-state index contributed by atoms with van der Waals surface area (Å²) in [5.74, 6) is 0.778. The first kappa shape index (κ1) is 17.4. The number of carbonyl (C=O) groups excluding carboxylic acids is 1. The summed E-state index contributed by atoms with van der Waals surface area (Å²) in [6.07, 6.45) is 6.05. The van der Waals surface area contributed by atoms with Gasteiger partial charge < -0.3 is 15.0 Å². The maximum Gasteiger partial charge on any atom is 0.326 e. The monoisotopic (exact) mass is 284 g/mol. The van der Waals surface area contributed by atoms with E-state index in [1.807, 2.05) is 20.9 Å². The molecule has 0 aromatic rings. The summed E-state index contributed by atoms with van der Waals surface area (Å²) >= 11 is 0. The van der Waals surface area contributed by atoms with Crippen LogP contribution in [0, 0.1) is 5.92 Å². The Morgan fingerprint density at radius 2 is 2.10 bits per heavy atom. The molecule has 0 bridgehead atoms. The van der Waals surface area contributed by atoms with Crippen molar-refractivity contribution in [2.45, 2.75) is 58.4 Å². The zero-order chi connectivity index (χ0) is 15.0. The van der Waals surface area contributed by atoms with Crippen LogP contribution < -0.4 is 5.32 Å². The van der Waals surface area contributed by atoms with Crippen molar-refractivity contribution in [2.24, 2.45) is 5.92 Å². The lowest BCUT2D eigenvalue weighted by atomic mass is 9.85. The summed E-state index contributed by atoms with van der Waals surface area (Å²) in [4.78, 5) is 14.5. The molecule has 0 radical (unpaired) electrons. The molecule has 1 fully saturated rings. The van der Waals surface area contributed by atoms with Gasteiger partial charge in [0.1, 0.15) is 5.54 Å². The highest BCUT2D eigenvalue weighted by Crippen LogP contribution is 2.27. The van der Waals surface area contributed by atoms with Gasteiger partial charge in [-0.15, -0.1) is 0 Å². The fraction of sp³-hybridized carbons (Fsp3) is 0.938. The highest BCUT2D eigenvalue weighted by molar-refractivity contribution is 5.80. The first-order chi connectivity index (χ1) is 9.55. The van der Waals surface area contributed by atoms with Crippen LogP contribution in [-0.2, 0) is 9.53 Å². The Bertz CT molecular complexity index is 292. The Morgan fingerprint density at radius 3 is 2.55 bits per heavy atom. The lowest BCUT2D eigenvalue weighted by Crippen LogP contribution is -2.49. The number of ether oxygens (including phenoxy) is 1. The second-order valence-electron chi connectivity index (χ2n) is 6.10. The molecule has 0 amide bonds.